The number of carbonyl (C=O) groups is 3. The monoisotopic (exact) mass is 859 g/mol. The number of imide groups is 1. The van der Waals surface area contributed by atoms with E-state index in [1.807, 2.05) is 18.2 Å². The Labute approximate surface area is 357 Å². The van der Waals surface area contributed by atoms with Gasteiger partial charge in [-0.25, -0.2) is 23.6 Å². The molecule has 19 heteroatoms. The molecule has 5 aliphatic rings. The van der Waals surface area contributed by atoms with Crippen LogP contribution >= 0.6 is 0 Å². The smallest absolute Gasteiger partial charge is 0.408 e. The summed E-state index contributed by atoms with van der Waals surface area (Å²) in [7, 11) is 0. The van der Waals surface area contributed by atoms with Gasteiger partial charge in [-0.05, 0) is 94.4 Å². The van der Waals surface area contributed by atoms with E-state index in [1.54, 1.807) is 23.9 Å². The van der Waals surface area contributed by atoms with Crippen LogP contribution in [0.2, 0.25) is 0 Å². The number of oxazole rings is 1. The highest BCUT2D eigenvalue weighted by Gasteiger charge is 2.32. The molecule has 8 rings (SSSR count). The summed E-state index contributed by atoms with van der Waals surface area (Å²) in [6, 6.07) is 4.76. The van der Waals surface area contributed by atoms with Crippen molar-refractivity contribution in [1.29, 1.82) is 0 Å². The van der Waals surface area contributed by atoms with E-state index in [2.05, 4.69) is 42.7 Å². The number of piperidine rings is 2. The number of nitrogens with zero attached hydrogens (tertiary/aromatic N) is 8. The summed E-state index contributed by atoms with van der Waals surface area (Å²) >= 11 is 0. The number of aryl methyl sites for hydroxylation is 1. The molecular weight excluding hydrogens is 805 g/mol. The van der Waals surface area contributed by atoms with Gasteiger partial charge in [-0.1, -0.05) is 6.07 Å². The molecule has 3 N–H and O–H groups in total. The maximum atomic E-state index is 14.3. The van der Waals surface area contributed by atoms with E-state index >= 15 is 0 Å². The minimum absolute atomic E-state index is 0.0106. The maximum absolute atomic E-state index is 14.3. The number of hydrogen-bond donors (Lipinski definition) is 3. The maximum Gasteiger partial charge on any atom is 0.420 e. The lowest BCUT2D eigenvalue weighted by Crippen LogP contribution is -2.46. The third-order valence-corrected chi connectivity index (χ3v) is 12.7. The summed E-state index contributed by atoms with van der Waals surface area (Å²) in [5.74, 6) is -0.536. The zero-order valence-electron chi connectivity index (χ0n) is 35.1. The van der Waals surface area contributed by atoms with E-state index in [0.29, 0.717) is 29.5 Å². The Bertz CT molecular complexity index is 2290. The number of hydrogen-bond acceptors (Lipinski definition) is 13. The van der Waals surface area contributed by atoms with Crippen molar-refractivity contribution in [3.8, 4) is 0 Å². The van der Waals surface area contributed by atoms with Crippen LogP contribution in [0.1, 0.15) is 94.5 Å². The molecule has 1 aliphatic carbocycles. The summed E-state index contributed by atoms with van der Waals surface area (Å²) in [6.07, 6.45) is 9.81. The third-order valence-electron chi connectivity index (χ3n) is 12.7. The van der Waals surface area contributed by atoms with Crippen LogP contribution in [-0.2, 0) is 25.5 Å². The number of alkyl halides is 2. The number of aromatic nitrogens is 3. The van der Waals surface area contributed by atoms with E-state index in [0.717, 1.165) is 103 Å². The molecule has 3 aromatic rings. The largest absolute Gasteiger partial charge is 0.420 e. The van der Waals surface area contributed by atoms with Gasteiger partial charge in [0.25, 0.3) is 12.3 Å². The molecule has 17 nitrogen and oxygen atoms in total. The first kappa shape index (κ1) is 43.1. The number of piperazine rings is 1. The molecule has 1 saturated carbocycles. The van der Waals surface area contributed by atoms with E-state index in [-0.39, 0.29) is 48.0 Å². The third kappa shape index (κ3) is 9.74. The molecule has 1 atom stereocenters. The van der Waals surface area contributed by atoms with Gasteiger partial charge in [0.1, 0.15) is 11.9 Å². The highest BCUT2D eigenvalue weighted by Crippen LogP contribution is 2.36. The van der Waals surface area contributed by atoms with Crippen LogP contribution in [-0.4, -0.2) is 118 Å². The molecule has 332 valence electrons. The van der Waals surface area contributed by atoms with Gasteiger partial charge in [0.2, 0.25) is 11.8 Å². The first-order chi connectivity index (χ1) is 30.0. The zero-order chi connectivity index (χ0) is 43.3. The molecule has 4 aliphatic heterocycles. The Kier molecular flexibility index (Phi) is 13.4. The lowest BCUT2D eigenvalue weighted by Gasteiger charge is -2.36. The predicted octanol–water partition coefficient (Wildman–Crippen LogP) is 4.47. The van der Waals surface area contributed by atoms with Crippen molar-refractivity contribution >= 4 is 47.1 Å². The number of anilines is 1. The molecule has 2 aromatic heterocycles. The van der Waals surface area contributed by atoms with Gasteiger partial charge in [0.05, 0.1) is 28.9 Å². The number of nitrogens with one attached hydrogen (secondary N) is 3. The quantitative estimate of drug-likeness (QED) is 0.0955. The van der Waals surface area contributed by atoms with Crippen LogP contribution in [0, 0.1) is 5.92 Å². The molecule has 3 amide bonds. The van der Waals surface area contributed by atoms with Gasteiger partial charge in [0.15, 0.2) is 17.1 Å². The Morgan fingerprint density at radius 2 is 1.84 bits per heavy atom. The summed E-state index contributed by atoms with van der Waals surface area (Å²) < 4.78 is 43.2. The number of amidine groups is 1. The molecule has 4 fully saturated rings. The average Bonchev–Trinajstić information content (AvgIpc) is 3.85. The Balaban J connectivity index is 0.771. The molecule has 6 heterocycles. The van der Waals surface area contributed by atoms with E-state index in [9.17, 15) is 28.0 Å². The first-order valence-corrected chi connectivity index (χ1v) is 21.7. The van der Waals surface area contributed by atoms with Gasteiger partial charge in [0, 0.05) is 78.0 Å². The summed E-state index contributed by atoms with van der Waals surface area (Å²) in [5.41, 5.74) is 1.71. The predicted molar refractivity (Wildman–Crippen MR) is 228 cm³/mol. The topological polar surface area (TPSA) is 184 Å². The summed E-state index contributed by atoms with van der Waals surface area (Å²) in [5, 5.41) is 17.9. The summed E-state index contributed by atoms with van der Waals surface area (Å²) in [6.45, 7) is 11.9. The summed E-state index contributed by atoms with van der Waals surface area (Å²) in [4.78, 5) is 59.4. The fraction of sp³-hybridized carbons (Fsp3) is 0.558. The molecule has 0 bridgehead atoms. The number of benzene rings is 1. The normalized spacial score (nSPS) is 23.8. The number of rotatable bonds is 13. The van der Waals surface area contributed by atoms with Crippen LogP contribution in [0.4, 0.5) is 14.5 Å². The molecule has 3 saturated heterocycles. The number of likely N-dealkylation sites (tertiary alicyclic amines) is 1. The van der Waals surface area contributed by atoms with Crippen LogP contribution in [0.3, 0.4) is 0 Å². The van der Waals surface area contributed by atoms with Gasteiger partial charge in [-0.3, -0.25) is 28.9 Å². The van der Waals surface area contributed by atoms with Crippen LogP contribution in [0.15, 0.2) is 67.4 Å². The van der Waals surface area contributed by atoms with Crippen molar-refractivity contribution < 1.29 is 32.3 Å². The second kappa shape index (κ2) is 19.2. The Hall–Kier alpha value is -5.53. The van der Waals surface area contributed by atoms with Crippen LogP contribution < -0.4 is 21.7 Å². The van der Waals surface area contributed by atoms with Crippen molar-refractivity contribution in [3.63, 3.8) is 0 Å². The molecule has 1 unspecified atom stereocenters. The molecule has 0 spiro atoms. The SMILES string of the molecule is C=NN1C=CC(N2CCNCC2)=N/C1=C(/C)C(=O)Nc1cn([C@H]2CC[C@H](CN3CCC(OCCCc4ccc5c(c4)oc(=O)n5C4CCC(=O)NC4=O)CC3)CC2)nc1C(F)F. The van der Waals surface area contributed by atoms with Crippen molar-refractivity contribution in [1.82, 2.24) is 39.8 Å². The average molecular weight is 860 g/mol. The number of ether oxygens (including phenoxy) is 1. The number of hydrazone groups is 1. The minimum Gasteiger partial charge on any atom is -0.408 e. The highest BCUT2D eigenvalue weighted by molar-refractivity contribution is 6.05. The number of halogens is 2. The zero-order valence-corrected chi connectivity index (χ0v) is 35.1. The van der Waals surface area contributed by atoms with E-state index < -0.39 is 35.7 Å². The van der Waals surface area contributed by atoms with Gasteiger partial charge < -0.3 is 29.6 Å². The van der Waals surface area contributed by atoms with Crippen molar-refractivity contribution in [2.45, 2.75) is 95.7 Å². The van der Waals surface area contributed by atoms with Crippen LogP contribution in [0.25, 0.3) is 11.1 Å². The van der Waals surface area contributed by atoms with Gasteiger partial charge in [-0.15, -0.1) is 0 Å². The van der Waals surface area contributed by atoms with Gasteiger partial charge >= 0.3 is 5.76 Å². The Morgan fingerprint density at radius 1 is 1.06 bits per heavy atom. The van der Waals surface area contributed by atoms with Crippen LogP contribution in [0.5, 0.6) is 0 Å². The molecular formula is C43H55F2N11O6. The number of aliphatic imine (C=N–C) groups is 1. The van der Waals surface area contributed by atoms with E-state index in [1.165, 1.54) is 15.8 Å². The highest BCUT2D eigenvalue weighted by atomic mass is 19.3. The number of fused-ring (bicyclic) bond motifs is 1. The molecule has 62 heavy (non-hydrogen) atoms. The standard InChI is InChI=1S/C43H55F2N11O6/c1-27(40-49-36(15-20-54(40)46-2)53-21-16-47-17-22-53)41(58)48-32-26-55(51-38(32)39(44)45)30-8-5-29(6-9-30)25-52-18-13-31(14-19-52)61-23-3-4-28-7-10-33-35(24-28)62-43(60)56(33)34-11-12-37(57)50-42(34)59/h7,10,15,20,24,26,29-31,34,39,47H,2-6,8-9,11-14,16-19,21-23,25H2,1H3,(H,48,58)(H,50,57,59)/b40-27+/t29-,30-,34?. The van der Waals surface area contributed by atoms with Crippen molar-refractivity contribution in [2.24, 2.45) is 16.0 Å². The fourth-order valence-corrected chi connectivity index (χ4v) is 9.21. The Morgan fingerprint density at radius 3 is 2.56 bits per heavy atom. The molecule has 0 radical (unpaired) electrons. The second-order valence-corrected chi connectivity index (χ2v) is 16.8. The minimum atomic E-state index is -2.86. The molecule has 1 aromatic carbocycles. The first-order valence-electron chi connectivity index (χ1n) is 21.7. The van der Waals surface area contributed by atoms with Gasteiger partial charge in [-0.2, -0.15) is 10.2 Å². The van der Waals surface area contributed by atoms with Crippen molar-refractivity contribution in [3.05, 3.63) is 69.9 Å². The fourth-order valence-electron chi connectivity index (χ4n) is 9.21. The lowest BCUT2D eigenvalue weighted by molar-refractivity contribution is -0.135. The second-order valence-electron chi connectivity index (χ2n) is 16.8. The van der Waals surface area contributed by atoms with E-state index in [4.69, 9.17) is 14.1 Å². The lowest BCUT2D eigenvalue weighted by atomic mass is 9.85. The van der Waals surface area contributed by atoms with Crippen molar-refractivity contribution in [2.75, 3.05) is 57.7 Å². The number of carbonyl (C=O) groups excluding carboxylic acids is 3. The number of amides is 3.